The highest BCUT2D eigenvalue weighted by Gasteiger charge is 2.18. The van der Waals surface area contributed by atoms with Crippen molar-refractivity contribution in [3.05, 3.63) is 182 Å². The topological polar surface area (TPSA) is 38.7 Å². The minimum absolute atomic E-state index is 0.650. The largest absolute Gasteiger partial charge is 0.209 e. The molecule has 0 aliphatic rings. The number of fused-ring (bicyclic) bond motifs is 2. The van der Waals surface area contributed by atoms with Crippen molar-refractivity contribution < 1.29 is 0 Å². The molecule has 7 aromatic carbocycles. The lowest BCUT2D eigenvalue weighted by Gasteiger charge is -2.18. The van der Waals surface area contributed by atoms with Gasteiger partial charge in [-0.15, -0.1) is 0 Å². The van der Waals surface area contributed by atoms with Crippen LogP contribution < -0.4 is 0 Å². The van der Waals surface area contributed by atoms with Gasteiger partial charge >= 0.3 is 0 Å². The molecule has 0 bridgehead atoms. The lowest BCUT2D eigenvalue weighted by molar-refractivity contribution is 1.03. The van der Waals surface area contributed by atoms with Crippen LogP contribution in [0.2, 0.25) is 0 Å². The molecule has 0 atom stereocenters. The normalized spacial score (nSPS) is 11.8. The van der Waals surface area contributed by atoms with Crippen molar-refractivity contribution in [2.24, 2.45) is 0 Å². The summed E-state index contributed by atoms with van der Waals surface area (Å²) in [4.78, 5) is 14.7. The Labute approximate surface area is 293 Å². The van der Waals surface area contributed by atoms with Gasteiger partial charge in [0.2, 0.25) is 0 Å². The van der Waals surface area contributed by atoms with E-state index in [9.17, 15) is 0 Å². The van der Waals surface area contributed by atoms with Crippen molar-refractivity contribution in [1.29, 1.82) is 0 Å². The van der Waals surface area contributed by atoms with Crippen LogP contribution >= 0.6 is 0 Å². The predicted octanol–water partition coefficient (Wildman–Crippen LogP) is 12.5. The zero-order valence-corrected chi connectivity index (χ0v) is 28.1. The van der Waals surface area contributed by atoms with Gasteiger partial charge in [-0.2, -0.15) is 0 Å². The van der Waals surface area contributed by atoms with Crippen LogP contribution in [0.25, 0.3) is 83.3 Å². The van der Waals surface area contributed by atoms with Gasteiger partial charge in [-0.3, -0.25) is 0 Å². The third-order valence-corrected chi connectivity index (χ3v) is 9.18. The van der Waals surface area contributed by atoms with Crippen molar-refractivity contribution in [3.63, 3.8) is 0 Å². The Balaban J connectivity index is 1.28. The molecule has 0 aliphatic carbocycles. The van der Waals surface area contributed by atoms with Crippen LogP contribution in [-0.2, 0) is 0 Å². The molecule has 3 heteroatoms. The maximum Gasteiger partial charge on any atom is 0.164 e. The highest BCUT2D eigenvalue weighted by molar-refractivity contribution is 6.21. The fraction of sp³-hybridized carbons (Fsp3) is 0.0426. The Bertz CT molecular complexity index is 2520. The summed E-state index contributed by atoms with van der Waals surface area (Å²) in [6, 6.07) is 55.9. The molecular formula is C47H35N3. The van der Waals surface area contributed by atoms with E-state index in [1.165, 1.54) is 43.8 Å². The number of hydrogen-bond acceptors (Lipinski definition) is 3. The highest BCUT2D eigenvalue weighted by Crippen LogP contribution is 2.44. The van der Waals surface area contributed by atoms with Crippen molar-refractivity contribution in [3.8, 4) is 56.2 Å². The van der Waals surface area contributed by atoms with Gasteiger partial charge in [-0.05, 0) is 80.4 Å². The molecular weight excluding hydrogens is 607 g/mol. The molecule has 0 N–H and O–H groups in total. The van der Waals surface area contributed by atoms with Crippen LogP contribution in [0.1, 0.15) is 19.7 Å². The van der Waals surface area contributed by atoms with E-state index in [-0.39, 0.29) is 0 Å². The van der Waals surface area contributed by atoms with Gasteiger partial charge in [0.05, 0.1) is 0 Å². The second-order valence-corrected chi connectivity index (χ2v) is 12.4. The molecule has 0 fully saturated rings. The third kappa shape index (κ3) is 5.91. The summed E-state index contributed by atoms with van der Waals surface area (Å²) >= 11 is 0. The van der Waals surface area contributed by atoms with Gasteiger partial charge in [-0.1, -0.05) is 170 Å². The summed E-state index contributed by atoms with van der Waals surface area (Å²) in [5.41, 5.74) is 10.1. The van der Waals surface area contributed by atoms with E-state index in [4.69, 9.17) is 15.0 Å². The Hall–Kier alpha value is -6.45. The monoisotopic (exact) mass is 641 g/mol. The summed E-state index contributed by atoms with van der Waals surface area (Å²) in [6.45, 7) is 4.04. The van der Waals surface area contributed by atoms with Crippen molar-refractivity contribution >= 4 is 27.1 Å². The van der Waals surface area contributed by atoms with Crippen molar-refractivity contribution in [2.45, 2.75) is 13.8 Å². The number of nitrogens with zero attached hydrogens (tertiary/aromatic N) is 3. The van der Waals surface area contributed by atoms with Gasteiger partial charge in [0.25, 0.3) is 0 Å². The van der Waals surface area contributed by atoms with Crippen LogP contribution in [0.4, 0.5) is 0 Å². The Morgan fingerprint density at radius 3 is 1.42 bits per heavy atom. The van der Waals surface area contributed by atoms with E-state index in [1.54, 1.807) is 0 Å². The molecule has 238 valence electrons. The van der Waals surface area contributed by atoms with Gasteiger partial charge in [-0.25, -0.2) is 15.0 Å². The molecule has 0 spiro atoms. The molecule has 0 saturated heterocycles. The van der Waals surface area contributed by atoms with E-state index < -0.39 is 0 Å². The fourth-order valence-corrected chi connectivity index (χ4v) is 6.71. The van der Waals surface area contributed by atoms with Crippen molar-refractivity contribution in [2.75, 3.05) is 0 Å². The van der Waals surface area contributed by atoms with E-state index in [1.807, 2.05) is 62.4 Å². The lowest BCUT2D eigenvalue weighted by Crippen LogP contribution is -2.01. The molecule has 0 aliphatic heterocycles. The summed E-state index contributed by atoms with van der Waals surface area (Å²) in [6.07, 6.45) is 6.05. The number of allylic oxidation sites excluding steroid dienone is 4. The van der Waals surface area contributed by atoms with E-state index in [2.05, 4.69) is 127 Å². The summed E-state index contributed by atoms with van der Waals surface area (Å²) in [5, 5.41) is 4.97. The van der Waals surface area contributed by atoms with Crippen LogP contribution in [0.15, 0.2) is 176 Å². The van der Waals surface area contributed by atoms with Gasteiger partial charge < -0.3 is 0 Å². The number of rotatable bonds is 7. The molecule has 8 rings (SSSR count). The number of aromatic nitrogens is 3. The molecule has 1 heterocycles. The molecule has 0 saturated carbocycles. The average Bonchev–Trinajstić information content (AvgIpc) is 3.19. The highest BCUT2D eigenvalue weighted by atomic mass is 15.0. The summed E-state index contributed by atoms with van der Waals surface area (Å²) < 4.78 is 0. The molecule has 0 amide bonds. The van der Waals surface area contributed by atoms with E-state index in [0.717, 1.165) is 27.8 Å². The van der Waals surface area contributed by atoms with Gasteiger partial charge in [0.1, 0.15) is 0 Å². The zero-order chi connectivity index (χ0) is 33.9. The van der Waals surface area contributed by atoms with Gasteiger partial charge in [0, 0.05) is 11.1 Å². The summed E-state index contributed by atoms with van der Waals surface area (Å²) in [5.74, 6) is 1.98. The first-order valence-electron chi connectivity index (χ1n) is 17.0. The number of benzene rings is 7. The lowest BCUT2D eigenvalue weighted by atomic mass is 9.85. The minimum Gasteiger partial charge on any atom is -0.209 e. The molecule has 0 unspecified atom stereocenters. The first kappa shape index (κ1) is 30.9. The first-order valence-corrected chi connectivity index (χ1v) is 17.0. The minimum atomic E-state index is 0.650. The molecule has 50 heavy (non-hydrogen) atoms. The maximum absolute atomic E-state index is 4.93. The van der Waals surface area contributed by atoms with Crippen LogP contribution in [0.3, 0.4) is 0 Å². The average molecular weight is 642 g/mol. The van der Waals surface area contributed by atoms with Crippen molar-refractivity contribution in [1.82, 2.24) is 15.0 Å². The first-order chi connectivity index (χ1) is 24.7. The second-order valence-electron chi connectivity index (χ2n) is 12.4. The van der Waals surface area contributed by atoms with Crippen LogP contribution in [-0.4, -0.2) is 15.0 Å². The summed E-state index contributed by atoms with van der Waals surface area (Å²) in [7, 11) is 0. The Morgan fingerprint density at radius 1 is 0.420 bits per heavy atom. The zero-order valence-electron chi connectivity index (χ0n) is 28.1. The molecule has 0 radical (unpaired) electrons. The fourth-order valence-electron chi connectivity index (χ4n) is 6.71. The Morgan fingerprint density at radius 2 is 0.860 bits per heavy atom. The van der Waals surface area contributed by atoms with E-state index >= 15 is 0 Å². The van der Waals surface area contributed by atoms with Crippen LogP contribution in [0, 0.1) is 0 Å². The molecule has 1 aromatic heterocycles. The standard InChI is InChI=1S/C47H35N3/c1-3-4-16-32(2)45-48-46(36-21-12-7-13-22-36)50-47(49-45)37-27-25-33(26-28-37)38-29-30-41-42(31-38)44(35-19-10-6-11-20-35)40-24-15-14-23-39(40)43(41)34-17-8-5-9-18-34/h3-31H,1-2H3/b4-3-,32-16+. The maximum atomic E-state index is 4.93. The SMILES string of the molecule is C/C=C\C=C(/C)c1nc(-c2ccccc2)nc(-c2ccc(-c3ccc4c(-c5ccccc5)c5ccccc5c(-c5ccccc5)c4c3)cc2)n1. The number of hydrogen-bond donors (Lipinski definition) is 0. The third-order valence-electron chi connectivity index (χ3n) is 9.18. The van der Waals surface area contributed by atoms with Gasteiger partial charge in [0.15, 0.2) is 17.5 Å². The smallest absolute Gasteiger partial charge is 0.164 e. The molecule has 3 nitrogen and oxygen atoms in total. The van der Waals surface area contributed by atoms with Crippen LogP contribution in [0.5, 0.6) is 0 Å². The second kappa shape index (κ2) is 13.6. The van der Waals surface area contributed by atoms with E-state index in [0.29, 0.717) is 17.5 Å². The quantitative estimate of drug-likeness (QED) is 0.128. The predicted molar refractivity (Wildman–Crippen MR) is 210 cm³/mol. The molecule has 8 aromatic rings. The Kier molecular flexibility index (Phi) is 8.38.